The lowest BCUT2D eigenvalue weighted by atomic mass is 10.2. The van der Waals surface area contributed by atoms with Gasteiger partial charge in [0.05, 0.1) is 11.4 Å². The Kier molecular flexibility index (Phi) is 5.28. The van der Waals surface area contributed by atoms with Crippen molar-refractivity contribution in [2.45, 2.75) is 12.1 Å². The standard InChI is InChI=1S/C17H16N6O2S/c1-11-4-2-3-5-14(11)23-17(20-21-22-23)26-10-15(24)19-13-8-6-12(7-9-13)16(18)25/h2-9H,10H2,1H3,(H2,18,25)(H,19,24). The van der Waals surface area contributed by atoms with Gasteiger partial charge in [-0.1, -0.05) is 30.0 Å². The number of rotatable bonds is 6. The van der Waals surface area contributed by atoms with Crippen LogP contribution in [0.5, 0.6) is 0 Å². The van der Waals surface area contributed by atoms with Crippen LogP contribution >= 0.6 is 11.8 Å². The number of hydrogen-bond acceptors (Lipinski definition) is 6. The van der Waals surface area contributed by atoms with E-state index in [1.165, 1.54) is 11.8 Å². The molecular weight excluding hydrogens is 352 g/mol. The molecule has 0 spiro atoms. The summed E-state index contributed by atoms with van der Waals surface area (Å²) in [7, 11) is 0. The number of hydrogen-bond donors (Lipinski definition) is 2. The molecule has 0 atom stereocenters. The van der Waals surface area contributed by atoms with Crippen molar-refractivity contribution in [3.63, 3.8) is 0 Å². The van der Waals surface area contributed by atoms with Gasteiger partial charge in [0.25, 0.3) is 0 Å². The highest BCUT2D eigenvalue weighted by Gasteiger charge is 2.13. The first-order valence-corrected chi connectivity index (χ1v) is 8.70. The van der Waals surface area contributed by atoms with Crippen LogP contribution in [0.2, 0.25) is 0 Å². The molecule has 1 heterocycles. The Hall–Kier alpha value is -3.20. The van der Waals surface area contributed by atoms with E-state index in [9.17, 15) is 9.59 Å². The number of aryl methyl sites for hydroxylation is 1. The minimum atomic E-state index is -0.513. The fourth-order valence-corrected chi connectivity index (χ4v) is 2.95. The highest BCUT2D eigenvalue weighted by atomic mass is 32.2. The van der Waals surface area contributed by atoms with Crippen molar-refractivity contribution in [2.24, 2.45) is 5.73 Å². The number of amides is 2. The summed E-state index contributed by atoms with van der Waals surface area (Å²) in [6.45, 7) is 1.97. The first-order valence-electron chi connectivity index (χ1n) is 7.71. The summed E-state index contributed by atoms with van der Waals surface area (Å²) < 4.78 is 1.61. The number of thioether (sulfide) groups is 1. The number of nitrogens with two attached hydrogens (primary N) is 1. The van der Waals surface area contributed by atoms with Gasteiger partial charge >= 0.3 is 0 Å². The molecule has 0 aliphatic rings. The lowest BCUT2D eigenvalue weighted by Crippen LogP contribution is -2.15. The van der Waals surface area contributed by atoms with Gasteiger partial charge in [0, 0.05) is 11.3 Å². The Morgan fingerprint density at radius 1 is 1.15 bits per heavy atom. The van der Waals surface area contributed by atoms with Gasteiger partial charge in [0.15, 0.2) is 0 Å². The molecule has 0 aliphatic carbocycles. The van der Waals surface area contributed by atoms with Crippen molar-refractivity contribution in [3.8, 4) is 5.69 Å². The molecule has 26 heavy (non-hydrogen) atoms. The topological polar surface area (TPSA) is 116 Å². The SMILES string of the molecule is Cc1ccccc1-n1nnnc1SCC(=O)Nc1ccc(C(N)=O)cc1. The summed E-state index contributed by atoms with van der Waals surface area (Å²) in [4.78, 5) is 23.2. The summed E-state index contributed by atoms with van der Waals surface area (Å²) >= 11 is 1.23. The zero-order valence-electron chi connectivity index (χ0n) is 13.9. The number of para-hydroxylation sites is 1. The van der Waals surface area contributed by atoms with E-state index in [1.54, 1.807) is 28.9 Å². The predicted molar refractivity (Wildman–Crippen MR) is 98.2 cm³/mol. The van der Waals surface area contributed by atoms with Gasteiger partial charge in [-0.05, 0) is 53.2 Å². The van der Waals surface area contributed by atoms with Crippen LogP contribution in [0.15, 0.2) is 53.7 Å². The average molecular weight is 368 g/mol. The Balaban J connectivity index is 1.63. The normalized spacial score (nSPS) is 10.5. The summed E-state index contributed by atoms with van der Waals surface area (Å²) in [5.41, 5.74) is 8.05. The smallest absolute Gasteiger partial charge is 0.248 e. The fourth-order valence-electron chi connectivity index (χ4n) is 2.27. The van der Waals surface area contributed by atoms with Crippen molar-refractivity contribution < 1.29 is 9.59 Å². The van der Waals surface area contributed by atoms with Crippen LogP contribution in [0.1, 0.15) is 15.9 Å². The maximum Gasteiger partial charge on any atom is 0.248 e. The van der Waals surface area contributed by atoms with E-state index in [1.807, 2.05) is 31.2 Å². The highest BCUT2D eigenvalue weighted by molar-refractivity contribution is 7.99. The van der Waals surface area contributed by atoms with Crippen molar-refractivity contribution in [3.05, 3.63) is 59.7 Å². The quantitative estimate of drug-likeness (QED) is 0.641. The summed E-state index contributed by atoms with van der Waals surface area (Å²) in [6, 6.07) is 14.1. The monoisotopic (exact) mass is 368 g/mol. The molecule has 9 heteroatoms. The van der Waals surface area contributed by atoms with Gasteiger partial charge in [-0.15, -0.1) is 5.10 Å². The third-order valence-corrected chi connectivity index (χ3v) is 4.49. The number of benzene rings is 2. The van der Waals surface area contributed by atoms with Crippen LogP contribution in [0, 0.1) is 6.92 Å². The highest BCUT2D eigenvalue weighted by Crippen LogP contribution is 2.20. The molecule has 0 aliphatic heterocycles. The van der Waals surface area contributed by atoms with Crippen LogP contribution in [0.25, 0.3) is 5.69 Å². The number of anilines is 1. The molecule has 0 saturated heterocycles. The summed E-state index contributed by atoms with van der Waals surface area (Å²) in [6.07, 6.45) is 0. The first kappa shape index (κ1) is 17.6. The number of carbonyl (C=O) groups is 2. The lowest BCUT2D eigenvalue weighted by Gasteiger charge is -2.08. The molecule has 0 bridgehead atoms. The van der Waals surface area contributed by atoms with Gasteiger partial charge < -0.3 is 11.1 Å². The molecular formula is C17H16N6O2S. The molecule has 2 amide bonds. The molecule has 0 fully saturated rings. The molecule has 2 aromatic carbocycles. The minimum Gasteiger partial charge on any atom is -0.366 e. The van der Waals surface area contributed by atoms with Gasteiger partial charge in [0.2, 0.25) is 17.0 Å². The maximum absolute atomic E-state index is 12.1. The maximum atomic E-state index is 12.1. The van der Waals surface area contributed by atoms with Crippen LogP contribution in [-0.2, 0) is 4.79 Å². The van der Waals surface area contributed by atoms with Gasteiger partial charge in [-0.2, -0.15) is 4.68 Å². The Morgan fingerprint density at radius 2 is 1.88 bits per heavy atom. The fraction of sp³-hybridized carbons (Fsp3) is 0.118. The van der Waals surface area contributed by atoms with E-state index in [0.717, 1.165) is 11.3 Å². The van der Waals surface area contributed by atoms with Crippen LogP contribution in [0.4, 0.5) is 5.69 Å². The number of tetrazole rings is 1. The lowest BCUT2D eigenvalue weighted by molar-refractivity contribution is -0.113. The predicted octanol–water partition coefficient (Wildman–Crippen LogP) is 1.80. The van der Waals surface area contributed by atoms with E-state index < -0.39 is 5.91 Å². The van der Waals surface area contributed by atoms with Gasteiger partial charge in [-0.3, -0.25) is 9.59 Å². The third-order valence-electron chi connectivity index (χ3n) is 3.57. The van der Waals surface area contributed by atoms with Crippen molar-refractivity contribution in [1.82, 2.24) is 20.2 Å². The number of nitrogens with zero attached hydrogens (tertiary/aromatic N) is 4. The van der Waals surface area contributed by atoms with Crippen molar-refractivity contribution >= 4 is 29.3 Å². The zero-order valence-corrected chi connectivity index (χ0v) is 14.7. The number of primary amides is 1. The van der Waals surface area contributed by atoms with Crippen molar-refractivity contribution in [2.75, 3.05) is 11.1 Å². The summed E-state index contributed by atoms with van der Waals surface area (Å²) in [5.74, 6) is -0.577. The Labute approximate surface area is 153 Å². The zero-order chi connectivity index (χ0) is 18.5. The van der Waals surface area contributed by atoms with E-state index in [4.69, 9.17) is 5.73 Å². The first-order chi connectivity index (χ1) is 12.5. The second-order valence-corrected chi connectivity index (χ2v) is 6.38. The Morgan fingerprint density at radius 3 is 2.58 bits per heavy atom. The second-order valence-electron chi connectivity index (χ2n) is 5.44. The van der Waals surface area contributed by atoms with Gasteiger partial charge in [-0.25, -0.2) is 0 Å². The van der Waals surface area contributed by atoms with Crippen LogP contribution in [-0.4, -0.2) is 37.8 Å². The third kappa shape index (κ3) is 4.06. The molecule has 8 nitrogen and oxygen atoms in total. The molecule has 132 valence electrons. The van der Waals surface area contributed by atoms with E-state index in [2.05, 4.69) is 20.8 Å². The van der Waals surface area contributed by atoms with Crippen LogP contribution < -0.4 is 11.1 Å². The van der Waals surface area contributed by atoms with E-state index in [0.29, 0.717) is 16.4 Å². The number of nitrogens with one attached hydrogen (secondary N) is 1. The molecule has 1 aromatic heterocycles. The summed E-state index contributed by atoms with van der Waals surface area (Å²) in [5, 5.41) is 14.9. The molecule has 0 unspecified atom stereocenters. The number of carbonyl (C=O) groups excluding carboxylic acids is 2. The van der Waals surface area contributed by atoms with E-state index >= 15 is 0 Å². The minimum absolute atomic E-state index is 0.143. The van der Waals surface area contributed by atoms with Crippen molar-refractivity contribution in [1.29, 1.82) is 0 Å². The molecule has 3 aromatic rings. The number of aromatic nitrogens is 4. The van der Waals surface area contributed by atoms with Gasteiger partial charge in [0.1, 0.15) is 0 Å². The molecule has 0 saturated carbocycles. The average Bonchev–Trinajstić information content (AvgIpc) is 3.09. The van der Waals surface area contributed by atoms with Crippen LogP contribution in [0.3, 0.4) is 0 Å². The Bertz CT molecular complexity index is 938. The largest absolute Gasteiger partial charge is 0.366 e. The molecule has 3 rings (SSSR count). The molecule has 0 radical (unpaired) electrons. The second kappa shape index (κ2) is 7.79. The van der Waals surface area contributed by atoms with E-state index in [-0.39, 0.29) is 11.7 Å². The molecule has 3 N–H and O–H groups in total.